The molecule has 0 spiro atoms. The molecule has 3 saturated heterocycles. The minimum Gasteiger partial charge on any atom is -0.465 e. The maximum absolute atomic E-state index is 15.6. The number of benzene rings is 2. The van der Waals surface area contributed by atoms with Crippen LogP contribution < -0.4 is 0 Å². The first-order chi connectivity index (χ1) is 15.7. The van der Waals surface area contributed by atoms with Gasteiger partial charge in [-0.1, -0.05) is 52.0 Å². The quantitative estimate of drug-likeness (QED) is 0.593. The van der Waals surface area contributed by atoms with E-state index < -0.39 is 6.09 Å². The van der Waals surface area contributed by atoms with E-state index in [1.165, 1.54) is 5.56 Å². The number of amides is 1. The number of piperidine rings is 3. The molecule has 3 fully saturated rings. The predicted octanol–water partition coefficient (Wildman–Crippen LogP) is 6.31. The van der Waals surface area contributed by atoms with Gasteiger partial charge in [0.2, 0.25) is 0 Å². The van der Waals surface area contributed by atoms with E-state index in [9.17, 15) is 9.90 Å². The Morgan fingerprint density at radius 3 is 2.52 bits per heavy atom. The molecule has 0 radical (unpaired) electrons. The van der Waals surface area contributed by atoms with Gasteiger partial charge in [-0.25, -0.2) is 9.18 Å². The topological polar surface area (TPSA) is 43.8 Å². The molecule has 2 atom stereocenters. The van der Waals surface area contributed by atoms with E-state index in [0.29, 0.717) is 17.4 Å². The summed E-state index contributed by atoms with van der Waals surface area (Å²) in [5, 5.41) is 10.4. The lowest BCUT2D eigenvalue weighted by atomic mass is 9.79. The first-order valence-electron chi connectivity index (χ1n) is 12.3. The summed E-state index contributed by atoms with van der Waals surface area (Å²) in [6.07, 6.45) is 1.96. The van der Waals surface area contributed by atoms with Gasteiger partial charge in [0.1, 0.15) is 5.82 Å². The molecule has 1 amide bonds. The van der Waals surface area contributed by atoms with E-state index in [1.54, 1.807) is 11.0 Å². The van der Waals surface area contributed by atoms with Crippen molar-refractivity contribution >= 4 is 6.09 Å². The summed E-state index contributed by atoms with van der Waals surface area (Å²) in [7, 11) is 0. The molecule has 176 valence electrons. The van der Waals surface area contributed by atoms with Gasteiger partial charge < -0.3 is 10.0 Å². The highest BCUT2D eigenvalue weighted by molar-refractivity contribution is 5.70. The molecule has 33 heavy (non-hydrogen) atoms. The summed E-state index contributed by atoms with van der Waals surface area (Å²) < 4.78 is 15.6. The predicted molar refractivity (Wildman–Crippen MR) is 129 cm³/mol. The fraction of sp³-hybridized carbons (Fsp3) is 0.536. The minimum absolute atomic E-state index is 0.0225. The van der Waals surface area contributed by atoms with Crippen LogP contribution in [0.15, 0.2) is 36.4 Å². The number of halogens is 1. The molecule has 4 nitrogen and oxygen atoms in total. The van der Waals surface area contributed by atoms with Crippen molar-refractivity contribution in [3.63, 3.8) is 0 Å². The lowest BCUT2D eigenvalue weighted by Crippen LogP contribution is -2.60. The molecule has 0 unspecified atom stereocenters. The Labute approximate surface area is 196 Å². The molecule has 0 aromatic heterocycles. The zero-order valence-electron chi connectivity index (χ0n) is 20.1. The second kappa shape index (κ2) is 8.12. The smallest absolute Gasteiger partial charge is 0.408 e. The van der Waals surface area contributed by atoms with Crippen LogP contribution >= 0.6 is 0 Å². The third kappa shape index (κ3) is 3.84. The number of carboxylic acid groups (broad SMARTS) is 1. The summed E-state index contributed by atoms with van der Waals surface area (Å²) in [6.45, 7) is 11.5. The van der Waals surface area contributed by atoms with Gasteiger partial charge >= 0.3 is 6.09 Å². The third-order valence-corrected chi connectivity index (χ3v) is 8.25. The van der Waals surface area contributed by atoms with Crippen LogP contribution in [0.1, 0.15) is 69.2 Å². The average molecular weight is 451 g/mol. The van der Waals surface area contributed by atoms with Gasteiger partial charge in [0.05, 0.1) is 12.1 Å². The Hall–Kier alpha value is -2.40. The number of nitrogens with zero attached hydrogens (tertiary/aromatic N) is 2. The van der Waals surface area contributed by atoms with Gasteiger partial charge in [0.15, 0.2) is 0 Å². The molecular weight excluding hydrogens is 415 g/mol. The zero-order valence-corrected chi connectivity index (χ0v) is 20.1. The fourth-order valence-electron chi connectivity index (χ4n) is 6.56. The Bertz CT molecular complexity index is 1070. The molecule has 5 heteroatoms. The second-order valence-corrected chi connectivity index (χ2v) is 11.3. The highest BCUT2D eigenvalue weighted by atomic mass is 19.1. The number of fused-ring (bicyclic) bond motifs is 4. The van der Waals surface area contributed by atoms with Gasteiger partial charge in [0.25, 0.3) is 0 Å². The summed E-state index contributed by atoms with van der Waals surface area (Å²) in [6, 6.07) is 11.4. The first kappa shape index (κ1) is 22.4. The highest BCUT2D eigenvalue weighted by Gasteiger charge is 2.50. The average Bonchev–Trinajstić information content (AvgIpc) is 3.03. The number of rotatable bonds is 4. The van der Waals surface area contributed by atoms with Gasteiger partial charge in [-0.05, 0) is 84.0 Å². The van der Waals surface area contributed by atoms with E-state index in [1.807, 2.05) is 18.2 Å². The lowest BCUT2D eigenvalue weighted by molar-refractivity contribution is -0.0267. The Balaban J connectivity index is 1.56. The monoisotopic (exact) mass is 450 g/mol. The minimum atomic E-state index is -0.881. The van der Waals surface area contributed by atoms with Crippen LogP contribution in [-0.4, -0.2) is 46.7 Å². The second-order valence-electron chi connectivity index (χ2n) is 11.3. The number of hydrogen-bond donors (Lipinski definition) is 1. The van der Waals surface area contributed by atoms with Crippen LogP contribution in [0.4, 0.5) is 9.18 Å². The van der Waals surface area contributed by atoms with Gasteiger partial charge in [-0.15, -0.1) is 0 Å². The van der Waals surface area contributed by atoms with Crippen molar-refractivity contribution in [2.75, 3.05) is 19.6 Å². The van der Waals surface area contributed by atoms with Crippen molar-refractivity contribution < 1.29 is 14.3 Å². The van der Waals surface area contributed by atoms with Crippen molar-refractivity contribution in [1.29, 1.82) is 0 Å². The maximum atomic E-state index is 15.6. The molecule has 0 saturated carbocycles. The van der Waals surface area contributed by atoms with Gasteiger partial charge in [-0.3, -0.25) is 4.90 Å². The van der Waals surface area contributed by atoms with Crippen LogP contribution in [0.2, 0.25) is 0 Å². The summed E-state index contributed by atoms with van der Waals surface area (Å²) in [4.78, 5) is 16.7. The van der Waals surface area contributed by atoms with E-state index in [0.717, 1.165) is 55.6 Å². The van der Waals surface area contributed by atoms with Crippen molar-refractivity contribution in [2.45, 2.75) is 65.0 Å². The van der Waals surface area contributed by atoms with Gasteiger partial charge in [0, 0.05) is 12.1 Å². The fourth-order valence-corrected chi connectivity index (χ4v) is 6.56. The van der Waals surface area contributed by atoms with Crippen LogP contribution in [0.3, 0.4) is 0 Å². The molecule has 6 rings (SSSR count). The molecule has 3 aliphatic heterocycles. The standard InChI is InChI=1S/C28H35FN2O2/c1-17(2)19-6-5-7-20(12-19)22-13-21-15-28(3,4)26(23(21)14-24(22)29)31(27(32)33)25-16-30-10-8-18(25)9-11-30/h5-7,12-14,17-18,25-26H,8-11,15-16H2,1-4H3,(H,32,33)/t25-,26+/m1/s1. The molecule has 3 heterocycles. The van der Waals surface area contributed by atoms with Crippen LogP contribution in [0.25, 0.3) is 11.1 Å². The summed E-state index contributed by atoms with van der Waals surface area (Å²) in [5.74, 6) is 0.502. The maximum Gasteiger partial charge on any atom is 0.408 e. The van der Waals surface area contributed by atoms with Crippen LogP contribution in [-0.2, 0) is 6.42 Å². The largest absolute Gasteiger partial charge is 0.465 e. The van der Waals surface area contributed by atoms with Crippen LogP contribution in [0, 0.1) is 17.2 Å². The van der Waals surface area contributed by atoms with E-state index in [4.69, 9.17) is 0 Å². The van der Waals surface area contributed by atoms with Crippen molar-refractivity contribution in [3.8, 4) is 11.1 Å². The van der Waals surface area contributed by atoms with Crippen molar-refractivity contribution in [1.82, 2.24) is 9.80 Å². The van der Waals surface area contributed by atoms with E-state index >= 15 is 4.39 Å². The molecule has 1 aliphatic carbocycles. The molecule has 2 aromatic carbocycles. The molecule has 1 N–H and O–H groups in total. The van der Waals surface area contributed by atoms with Crippen molar-refractivity contribution in [3.05, 3.63) is 58.9 Å². The molecule has 2 bridgehead atoms. The normalized spacial score (nSPS) is 27.6. The SMILES string of the molecule is CC(C)c1cccc(-c2cc3c(cc2F)[C@H](N(C(=O)O)[C@@H]2CN4CCC2CC4)C(C)(C)C3)c1. The van der Waals surface area contributed by atoms with E-state index in [-0.39, 0.29) is 23.3 Å². The molecular formula is C28H35FN2O2. The summed E-state index contributed by atoms with van der Waals surface area (Å²) in [5.41, 5.74) is 4.30. The molecule has 4 aliphatic rings. The summed E-state index contributed by atoms with van der Waals surface area (Å²) >= 11 is 0. The third-order valence-electron chi connectivity index (χ3n) is 8.25. The Morgan fingerprint density at radius 1 is 1.18 bits per heavy atom. The highest BCUT2D eigenvalue weighted by Crippen LogP contribution is 2.52. The van der Waals surface area contributed by atoms with Crippen molar-refractivity contribution in [2.24, 2.45) is 11.3 Å². The van der Waals surface area contributed by atoms with Gasteiger partial charge in [-0.2, -0.15) is 0 Å². The first-order valence-corrected chi connectivity index (χ1v) is 12.3. The number of hydrogen-bond acceptors (Lipinski definition) is 2. The lowest BCUT2D eigenvalue weighted by Gasteiger charge is -2.51. The Kier molecular flexibility index (Phi) is 5.51. The number of carbonyl (C=O) groups is 1. The van der Waals surface area contributed by atoms with E-state index in [2.05, 4.69) is 44.7 Å². The zero-order chi connectivity index (χ0) is 23.5. The van der Waals surface area contributed by atoms with Crippen LogP contribution in [0.5, 0.6) is 0 Å². The molecule has 2 aromatic rings. The Morgan fingerprint density at radius 2 is 1.91 bits per heavy atom.